The van der Waals surface area contributed by atoms with Crippen molar-refractivity contribution < 1.29 is 14.3 Å². The van der Waals surface area contributed by atoms with Gasteiger partial charge in [-0.05, 0) is 47.5 Å². The molecule has 0 aliphatic carbocycles. The van der Waals surface area contributed by atoms with Crippen LogP contribution < -0.4 is 15.0 Å². The second-order valence-electron chi connectivity index (χ2n) is 6.96. The lowest BCUT2D eigenvalue weighted by Gasteiger charge is -2.24. The molecule has 0 saturated carbocycles. The van der Waals surface area contributed by atoms with Crippen LogP contribution in [0.15, 0.2) is 78.9 Å². The summed E-state index contributed by atoms with van der Waals surface area (Å²) in [5, 5.41) is 2.84. The Labute approximate surface area is 180 Å². The van der Waals surface area contributed by atoms with Crippen LogP contribution in [0, 0.1) is 0 Å². The number of nitrogens with zero attached hydrogens (tertiary/aromatic N) is 1. The maximum Gasteiger partial charge on any atom is 0.238 e. The van der Waals surface area contributed by atoms with E-state index in [-0.39, 0.29) is 17.2 Å². The number of thioether (sulfide) groups is 1. The zero-order valence-electron chi connectivity index (χ0n) is 16.6. The third-order valence-electron chi connectivity index (χ3n) is 4.91. The summed E-state index contributed by atoms with van der Waals surface area (Å²) in [5.74, 6) is 1.21. The van der Waals surface area contributed by atoms with Crippen molar-refractivity contribution in [3.05, 3.63) is 90.0 Å². The second kappa shape index (κ2) is 9.05. The van der Waals surface area contributed by atoms with Gasteiger partial charge in [-0.2, -0.15) is 0 Å². The van der Waals surface area contributed by atoms with E-state index in [1.807, 2.05) is 83.8 Å². The molecule has 30 heavy (non-hydrogen) atoms. The predicted octanol–water partition coefficient (Wildman–Crippen LogP) is 4.66. The Morgan fingerprint density at radius 3 is 2.40 bits per heavy atom. The summed E-state index contributed by atoms with van der Waals surface area (Å²) < 4.78 is 5.21. The number of benzene rings is 3. The van der Waals surface area contributed by atoms with Gasteiger partial charge >= 0.3 is 0 Å². The Bertz CT molecular complexity index is 1020. The smallest absolute Gasteiger partial charge is 0.238 e. The van der Waals surface area contributed by atoms with Crippen molar-refractivity contribution in [3.63, 3.8) is 0 Å². The molecule has 0 spiro atoms. The van der Waals surface area contributed by atoms with Crippen LogP contribution in [0.25, 0.3) is 0 Å². The van der Waals surface area contributed by atoms with Crippen molar-refractivity contribution >= 4 is 35.0 Å². The first-order valence-corrected chi connectivity index (χ1v) is 10.7. The number of ether oxygens (including phenoxy) is 1. The van der Waals surface area contributed by atoms with Crippen molar-refractivity contribution in [2.75, 3.05) is 23.1 Å². The fraction of sp³-hybridized carbons (Fsp3) is 0.167. The van der Waals surface area contributed by atoms with Crippen molar-refractivity contribution in [2.45, 2.75) is 11.8 Å². The molecule has 6 heteroatoms. The molecule has 3 aromatic carbocycles. The van der Waals surface area contributed by atoms with Crippen LogP contribution in [0.2, 0.25) is 0 Å². The van der Waals surface area contributed by atoms with Gasteiger partial charge in [-0.15, -0.1) is 11.8 Å². The minimum atomic E-state index is -0.0973. The summed E-state index contributed by atoms with van der Waals surface area (Å²) in [6, 6.07) is 24.8. The Morgan fingerprint density at radius 2 is 1.73 bits per heavy atom. The number of anilines is 2. The molecule has 0 radical (unpaired) electrons. The van der Waals surface area contributed by atoms with Crippen molar-refractivity contribution in [3.8, 4) is 5.75 Å². The Kier molecular flexibility index (Phi) is 6.05. The van der Waals surface area contributed by atoms with Gasteiger partial charge in [0.15, 0.2) is 0 Å². The summed E-state index contributed by atoms with van der Waals surface area (Å²) >= 11 is 1.60. The van der Waals surface area contributed by atoms with Crippen LogP contribution >= 0.6 is 11.8 Å². The van der Waals surface area contributed by atoms with Crippen molar-refractivity contribution in [1.82, 2.24) is 0 Å². The first kappa shape index (κ1) is 20.0. The summed E-state index contributed by atoms with van der Waals surface area (Å²) in [6.07, 6.45) is 0.334. The van der Waals surface area contributed by atoms with Crippen LogP contribution in [-0.2, 0) is 16.0 Å². The summed E-state index contributed by atoms with van der Waals surface area (Å²) in [4.78, 5) is 26.6. The molecular weight excluding hydrogens is 396 g/mol. The lowest BCUT2D eigenvalue weighted by molar-refractivity contribution is -0.116. The van der Waals surface area contributed by atoms with E-state index in [1.54, 1.807) is 18.9 Å². The Morgan fingerprint density at radius 1 is 1.03 bits per heavy atom. The van der Waals surface area contributed by atoms with Gasteiger partial charge in [0.2, 0.25) is 11.8 Å². The molecule has 1 aliphatic rings. The number of carbonyl (C=O) groups is 2. The minimum Gasteiger partial charge on any atom is -0.497 e. The Hall–Kier alpha value is -3.25. The minimum absolute atomic E-state index is 0.0563. The number of rotatable bonds is 6. The first-order chi connectivity index (χ1) is 14.6. The van der Waals surface area contributed by atoms with Gasteiger partial charge in [-0.1, -0.05) is 42.5 Å². The number of nitrogens with one attached hydrogen (secondary N) is 1. The molecule has 1 fully saturated rings. The molecule has 3 aromatic rings. The lowest BCUT2D eigenvalue weighted by atomic mass is 10.1. The summed E-state index contributed by atoms with van der Waals surface area (Å²) in [7, 11) is 1.62. The Balaban J connectivity index is 1.45. The molecule has 5 nitrogen and oxygen atoms in total. The van der Waals surface area contributed by atoms with E-state index in [4.69, 9.17) is 4.74 Å². The van der Waals surface area contributed by atoms with E-state index < -0.39 is 0 Å². The molecule has 0 aromatic heterocycles. The number of methoxy groups -OCH3 is 1. The van der Waals surface area contributed by atoms with Crippen LogP contribution in [0.1, 0.15) is 16.5 Å². The highest BCUT2D eigenvalue weighted by Gasteiger charge is 2.34. The molecule has 1 heterocycles. The SMILES string of the molecule is COc1ccc(N2C(=O)CS[C@H]2c2ccc(NC(=O)Cc3ccccc3)cc2)cc1. The maximum atomic E-state index is 12.5. The molecule has 2 amide bonds. The number of carbonyl (C=O) groups excluding carboxylic acids is 2. The monoisotopic (exact) mass is 418 g/mol. The van der Waals surface area contributed by atoms with Gasteiger partial charge in [-0.25, -0.2) is 0 Å². The van der Waals surface area contributed by atoms with Gasteiger partial charge in [0.05, 0.1) is 19.3 Å². The third-order valence-corrected chi connectivity index (χ3v) is 6.12. The molecular formula is C24H22N2O3S. The van der Waals surface area contributed by atoms with Gasteiger partial charge in [0.1, 0.15) is 11.1 Å². The maximum absolute atomic E-state index is 12.5. The van der Waals surface area contributed by atoms with E-state index in [0.29, 0.717) is 12.2 Å². The molecule has 152 valence electrons. The van der Waals surface area contributed by atoms with Crippen LogP contribution in [0.4, 0.5) is 11.4 Å². The quantitative estimate of drug-likeness (QED) is 0.633. The highest BCUT2D eigenvalue weighted by Crippen LogP contribution is 2.42. The topological polar surface area (TPSA) is 58.6 Å². The number of hydrogen-bond donors (Lipinski definition) is 1. The van der Waals surface area contributed by atoms with Crippen LogP contribution in [-0.4, -0.2) is 24.7 Å². The third kappa shape index (κ3) is 4.49. The van der Waals surface area contributed by atoms with Crippen LogP contribution in [0.5, 0.6) is 5.75 Å². The lowest BCUT2D eigenvalue weighted by Crippen LogP contribution is -2.27. The van der Waals surface area contributed by atoms with Crippen molar-refractivity contribution in [2.24, 2.45) is 0 Å². The molecule has 1 N–H and O–H groups in total. The standard InChI is InChI=1S/C24H22N2O3S/c1-29-21-13-11-20(12-14-21)26-23(28)16-30-24(26)18-7-9-19(10-8-18)25-22(27)15-17-5-3-2-4-6-17/h2-14,24H,15-16H2,1H3,(H,25,27)/t24-/m0/s1. The first-order valence-electron chi connectivity index (χ1n) is 9.65. The highest BCUT2D eigenvalue weighted by molar-refractivity contribution is 8.00. The van der Waals surface area contributed by atoms with Gasteiger partial charge in [0, 0.05) is 11.4 Å². The zero-order chi connectivity index (χ0) is 20.9. The predicted molar refractivity (Wildman–Crippen MR) is 121 cm³/mol. The fourth-order valence-electron chi connectivity index (χ4n) is 3.41. The molecule has 1 aliphatic heterocycles. The van der Waals surface area contributed by atoms with Gasteiger partial charge < -0.3 is 10.1 Å². The van der Waals surface area contributed by atoms with Crippen LogP contribution in [0.3, 0.4) is 0 Å². The molecule has 1 saturated heterocycles. The van der Waals surface area contributed by atoms with E-state index >= 15 is 0 Å². The van der Waals surface area contributed by atoms with E-state index in [9.17, 15) is 9.59 Å². The second-order valence-corrected chi connectivity index (χ2v) is 8.03. The highest BCUT2D eigenvalue weighted by atomic mass is 32.2. The largest absolute Gasteiger partial charge is 0.497 e. The zero-order valence-corrected chi connectivity index (χ0v) is 17.4. The van der Waals surface area contributed by atoms with E-state index in [2.05, 4.69) is 5.32 Å². The average Bonchev–Trinajstić information content (AvgIpc) is 3.16. The average molecular weight is 419 g/mol. The molecule has 1 atom stereocenters. The van der Waals surface area contributed by atoms with Gasteiger partial charge in [0.25, 0.3) is 0 Å². The molecule has 0 unspecified atom stereocenters. The summed E-state index contributed by atoms with van der Waals surface area (Å²) in [6.45, 7) is 0. The number of hydrogen-bond acceptors (Lipinski definition) is 4. The van der Waals surface area contributed by atoms with Gasteiger partial charge in [-0.3, -0.25) is 14.5 Å². The summed E-state index contributed by atoms with van der Waals surface area (Å²) in [5.41, 5.74) is 3.58. The van der Waals surface area contributed by atoms with E-state index in [0.717, 1.165) is 28.3 Å². The number of amides is 2. The molecule has 4 rings (SSSR count). The van der Waals surface area contributed by atoms with Crippen molar-refractivity contribution in [1.29, 1.82) is 0 Å². The van der Waals surface area contributed by atoms with E-state index in [1.165, 1.54) is 0 Å². The fourth-order valence-corrected chi connectivity index (χ4v) is 4.59. The molecule has 0 bridgehead atoms. The normalized spacial score (nSPS) is 15.8.